The first-order valence-electron chi connectivity index (χ1n) is 13.3. The summed E-state index contributed by atoms with van der Waals surface area (Å²) >= 11 is 0. The van der Waals surface area contributed by atoms with Crippen LogP contribution in [0.15, 0.2) is 71.6 Å². The van der Waals surface area contributed by atoms with Crippen LogP contribution >= 0.6 is 0 Å². The minimum Gasteiger partial charge on any atom is -0.497 e. The number of aryl methyl sites for hydroxylation is 3. The fourth-order valence-corrected chi connectivity index (χ4v) is 5.60. The van der Waals surface area contributed by atoms with Crippen LogP contribution in [-0.4, -0.2) is 51.4 Å². The number of rotatable bonds is 12. The normalized spacial score (nSPS) is 11.9. The molecule has 0 fully saturated rings. The van der Waals surface area contributed by atoms with Gasteiger partial charge in [0, 0.05) is 13.1 Å². The van der Waals surface area contributed by atoms with Gasteiger partial charge < -0.3 is 15.0 Å². The molecule has 1 atom stereocenters. The van der Waals surface area contributed by atoms with E-state index in [-0.39, 0.29) is 17.3 Å². The average molecular weight is 566 g/mol. The number of ether oxygens (including phenoxy) is 1. The van der Waals surface area contributed by atoms with Gasteiger partial charge in [-0.25, -0.2) is 8.42 Å². The Morgan fingerprint density at radius 1 is 0.950 bits per heavy atom. The zero-order chi connectivity index (χ0) is 29.4. The van der Waals surface area contributed by atoms with Crippen molar-refractivity contribution in [2.75, 3.05) is 24.5 Å². The summed E-state index contributed by atoms with van der Waals surface area (Å²) in [6.07, 6.45) is 0.748. The molecule has 0 radical (unpaired) electrons. The Morgan fingerprint density at radius 3 is 2.27 bits per heavy atom. The lowest BCUT2D eigenvalue weighted by Crippen LogP contribution is -2.51. The summed E-state index contributed by atoms with van der Waals surface area (Å²) in [6.45, 7) is 9.40. The van der Waals surface area contributed by atoms with Crippen LogP contribution in [0.3, 0.4) is 0 Å². The van der Waals surface area contributed by atoms with Gasteiger partial charge in [0.2, 0.25) is 11.8 Å². The van der Waals surface area contributed by atoms with E-state index >= 15 is 0 Å². The number of hydrogen-bond acceptors (Lipinski definition) is 5. The minimum absolute atomic E-state index is 0.0808. The van der Waals surface area contributed by atoms with Crippen LogP contribution in [0.1, 0.15) is 42.5 Å². The molecular formula is C31H39N3O5S. The van der Waals surface area contributed by atoms with Crippen molar-refractivity contribution in [1.29, 1.82) is 0 Å². The minimum atomic E-state index is -4.11. The highest BCUT2D eigenvalue weighted by Gasteiger charge is 2.32. The summed E-state index contributed by atoms with van der Waals surface area (Å²) in [6, 6.07) is 18.2. The third-order valence-corrected chi connectivity index (χ3v) is 8.66. The van der Waals surface area contributed by atoms with Crippen LogP contribution in [0.2, 0.25) is 0 Å². The van der Waals surface area contributed by atoms with Gasteiger partial charge in [0.25, 0.3) is 10.0 Å². The highest BCUT2D eigenvalue weighted by Crippen LogP contribution is 2.27. The van der Waals surface area contributed by atoms with Crippen LogP contribution in [0.25, 0.3) is 0 Å². The van der Waals surface area contributed by atoms with Crippen molar-refractivity contribution in [2.24, 2.45) is 0 Å². The summed E-state index contributed by atoms with van der Waals surface area (Å²) in [5.74, 6) is -0.195. The van der Waals surface area contributed by atoms with Crippen LogP contribution < -0.4 is 14.4 Å². The van der Waals surface area contributed by atoms with E-state index in [1.807, 2.05) is 45.9 Å². The van der Waals surface area contributed by atoms with Gasteiger partial charge in [-0.3, -0.25) is 13.9 Å². The maximum atomic E-state index is 14.0. The van der Waals surface area contributed by atoms with Crippen molar-refractivity contribution in [3.63, 3.8) is 0 Å². The number of amides is 2. The molecule has 1 N–H and O–H groups in total. The summed E-state index contributed by atoms with van der Waals surface area (Å²) in [5.41, 5.74) is 3.95. The molecule has 2 amide bonds. The van der Waals surface area contributed by atoms with Gasteiger partial charge in [-0.05, 0) is 87.2 Å². The van der Waals surface area contributed by atoms with E-state index in [0.717, 1.165) is 33.0 Å². The molecule has 3 aromatic carbocycles. The molecule has 0 aliphatic carbocycles. The molecule has 0 saturated carbocycles. The molecule has 0 aliphatic rings. The van der Waals surface area contributed by atoms with Gasteiger partial charge in [-0.2, -0.15) is 0 Å². The van der Waals surface area contributed by atoms with Gasteiger partial charge in [0.05, 0.1) is 17.7 Å². The molecule has 0 aromatic heterocycles. The van der Waals surface area contributed by atoms with E-state index in [9.17, 15) is 18.0 Å². The van der Waals surface area contributed by atoms with Gasteiger partial charge in [-0.1, -0.05) is 42.8 Å². The van der Waals surface area contributed by atoms with Crippen molar-refractivity contribution < 1.29 is 22.7 Å². The van der Waals surface area contributed by atoms with E-state index in [0.29, 0.717) is 18.0 Å². The molecule has 8 nitrogen and oxygen atoms in total. The maximum Gasteiger partial charge on any atom is 0.264 e. The summed E-state index contributed by atoms with van der Waals surface area (Å²) < 4.78 is 34.3. The second-order valence-corrected chi connectivity index (χ2v) is 11.8. The van der Waals surface area contributed by atoms with E-state index in [4.69, 9.17) is 4.74 Å². The van der Waals surface area contributed by atoms with Crippen molar-refractivity contribution in [3.8, 4) is 5.75 Å². The Balaban J connectivity index is 2.05. The highest BCUT2D eigenvalue weighted by molar-refractivity contribution is 7.92. The number of benzene rings is 3. The molecule has 3 aromatic rings. The Morgan fingerprint density at radius 2 is 1.65 bits per heavy atom. The largest absolute Gasteiger partial charge is 0.497 e. The first-order valence-corrected chi connectivity index (χ1v) is 14.8. The second-order valence-electron chi connectivity index (χ2n) is 9.93. The molecule has 0 unspecified atom stereocenters. The number of carbonyl (C=O) groups excluding carboxylic acids is 2. The van der Waals surface area contributed by atoms with Crippen LogP contribution in [0, 0.1) is 20.8 Å². The molecule has 0 aliphatic heterocycles. The zero-order valence-corrected chi connectivity index (χ0v) is 24.9. The smallest absolute Gasteiger partial charge is 0.264 e. The van der Waals surface area contributed by atoms with Crippen LogP contribution in [0.4, 0.5) is 5.69 Å². The summed E-state index contributed by atoms with van der Waals surface area (Å²) in [4.78, 5) is 28.5. The molecule has 214 valence electrons. The first-order chi connectivity index (χ1) is 19.0. The zero-order valence-electron chi connectivity index (χ0n) is 24.1. The standard InChI is InChI=1S/C31H39N3O5S/c1-7-17-32-31(36)25(5)33(20-26-9-8-10-28(19-26)39-6)30(35)21-34(27-14-13-23(3)24(4)18-27)40(37,38)29-15-11-22(2)12-16-29/h8-16,18-19,25H,7,17,20-21H2,1-6H3,(H,32,36)/t25-/m1/s1. The van der Waals surface area contributed by atoms with Crippen molar-refractivity contribution in [1.82, 2.24) is 10.2 Å². The monoisotopic (exact) mass is 565 g/mol. The second kappa shape index (κ2) is 13.5. The molecular weight excluding hydrogens is 526 g/mol. The fourth-order valence-electron chi connectivity index (χ4n) is 4.19. The molecule has 40 heavy (non-hydrogen) atoms. The third-order valence-electron chi connectivity index (χ3n) is 6.87. The Bertz CT molecular complexity index is 1440. The lowest BCUT2D eigenvalue weighted by atomic mass is 10.1. The molecule has 0 saturated heterocycles. The van der Waals surface area contributed by atoms with Crippen LogP contribution in [0.5, 0.6) is 5.75 Å². The molecule has 3 rings (SSSR count). The number of nitrogens with one attached hydrogen (secondary N) is 1. The lowest BCUT2D eigenvalue weighted by molar-refractivity contribution is -0.139. The molecule has 9 heteroatoms. The van der Waals surface area contributed by atoms with E-state index in [1.165, 1.54) is 17.0 Å². The predicted molar refractivity (Wildman–Crippen MR) is 158 cm³/mol. The van der Waals surface area contributed by atoms with Crippen molar-refractivity contribution >= 4 is 27.5 Å². The number of anilines is 1. The van der Waals surface area contributed by atoms with Gasteiger partial charge in [0.15, 0.2) is 0 Å². The SMILES string of the molecule is CCCNC(=O)[C@@H](C)N(Cc1cccc(OC)c1)C(=O)CN(c1ccc(C)c(C)c1)S(=O)(=O)c1ccc(C)cc1. The first kappa shape index (κ1) is 30.7. The number of carbonyl (C=O) groups is 2. The number of methoxy groups -OCH3 is 1. The number of sulfonamides is 1. The van der Waals surface area contributed by atoms with Gasteiger partial charge in [-0.15, -0.1) is 0 Å². The maximum absolute atomic E-state index is 14.0. The van der Waals surface area contributed by atoms with Crippen molar-refractivity contribution in [3.05, 3.63) is 89.0 Å². The summed E-state index contributed by atoms with van der Waals surface area (Å²) in [7, 11) is -2.55. The highest BCUT2D eigenvalue weighted by atomic mass is 32.2. The van der Waals surface area contributed by atoms with Gasteiger partial charge >= 0.3 is 0 Å². The molecule has 0 spiro atoms. The van der Waals surface area contributed by atoms with E-state index < -0.39 is 28.5 Å². The number of nitrogens with zero attached hydrogens (tertiary/aromatic N) is 2. The number of hydrogen-bond donors (Lipinski definition) is 1. The van der Waals surface area contributed by atoms with E-state index in [1.54, 1.807) is 50.4 Å². The Kier molecular flexibility index (Phi) is 10.3. The molecule has 0 bridgehead atoms. The molecule has 0 heterocycles. The quantitative estimate of drug-likeness (QED) is 0.342. The Labute approximate surface area is 238 Å². The van der Waals surface area contributed by atoms with E-state index in [2.05, 4.69) is 5.32 Å². The average Bonchev–Trinajstić information content (AvgIpc) is 2.94. The third kappa shape index (κ3) is 7.41. The predicted octanol–water partition coefficient (Wildman–Crippen LogP) is 4.76. The fraction of sp³-hybridized carbons (Fsp3) is 0.355. The lowest BCUT2D eigenvalue weighted by Gasteiger charge is -2.32. The van der Waals surface area contributed by atoms with Gasteiger partial charge in [0.1, 0.15) is 18.3 Å². The topological polar surface area (TPSA) is 96.0 Å². The summed E-state index contributed by atoms with van der Waals surface area (Å²) in [5, 5.41) is 2.85. The van der Waals surface area contributed by atoms with Crippen molar-refractivity contribution in [2.45, 2.75) is 58.5 Å². The Hall–Kier alpha value is -3.85. The van der Waals surface area contributed by atoms with Crippen LogP contribution in [-0.2, 0) is 26.2 Å².